The van der Waals surface area contributed by atoms with Gasteiger partial charge in [0.2, 0.25) is 0 Å². The number of nitrogens with two attached hydrogens (primary N) is 1. The number of rotatable bonds is 0. The molecular formula is C6H7IN2. The molecule has 0 unspecified atom stereocenters. The fourth-order valence-corrected chi connectivity index (χ4v) is 1.17. The number of hydrogen-bond donors (Lipinski definition) is 1. The SMILES string of the molecule is Cc1cnc(N)c(I)c1. The lowest BCUT2D eigenvalue weighted by atomic mass is 10.3. The van der Waals surface area contributed by atoms with Crippen molar-refractivity contribution in [2.75, 3.05) is 5.73 Å². The Bertz CT molecular complexity index is 222. The van der Waals surface area contributed by atoms with Crippen LogP contribution in [0.15, 0.2) is 12.3 Å². The second-order valence-electron chi connectivity index (χ2n) is 1.88. The fraction of sp³-hybridized carbons (Fsp3) is 0.167. The van der Waals surface area contributed by atoms with Crippen LogP contribution in [0, 0.1) is 10.5 Å². The van der Waals surface area contributed by atoms with Gasteiger partial charge in [0.25, 0.3) is 0 Å². The van der Waals surface area contributed by atoms with Crippen molar-refractivity contribution in [1.82, 2.24) is 4.98 Å². The summed E-state index contributed by atoms with van der Waals surface area (Å²) in [5.41, 5.74) is 6.62. The van der Waals surface area contributed by atoms with Gasteiger partial charge in [-0.25, -0.2) is 4.98 Å². The number of aromatic nitrogens is 1. The maximum absolute atomic E-state index is 5.47. The number of nitrogens with zero attached hydrogens (tertiary/aromatic N) is 1. The second kappa shape index (κ2) is 2.51. The molecule has 1 rings (SSSR count). The van der Waals surface area contributed by atoms with Crippen LogP contribution in [0.2, 0.25) is 0 Å². The number of aryl methyl sites for hydroxylation is 1. The zero-order chi connectivity index (χ0) is 6.85. The molecule has 2 N–H and O–H groups in total. The first-order chi connectivity index (χ1) is 4.20. The minimum atomic E-state index is 0.612. The Morgan fingerprint density at radius 1 is 1.67 bits per heavy atom. The molecule has 0 bridgehead atoms. The topological polar surface area (TPSA) is 38.9 Å². The van der Waals surface area contributed by atoms with Gasteiger partial charge in [-0.1, -0.05) is 0 Å². The van der Waals surface area contributed by atoms with Crippen LogP contribution in [0.5, 0.6) is 0 Å². The Morgan fingerprint density at radius 3 is 2.78 bits per heavy atom. The minimum Gasteiger partial charge on any atom is -0.383 e. The van der Waals surface area contributed by atoms with Crippen molar-refractivity contribution in [1.29, 1.82) is 0 Å². The van der Waals surface area contributed by atoms with Gasteiger partial charge < -0.3 is 5.73 Å². The molecule has 0 atom stereocenters. The van der Waals surface area contributed by atoms with E-state index >= 15 is 0 Å². The highest BCUT2D eigenvalue weighted by molar-refractivity contribution is 14.1. The van der Waals surface area contributed by atoms with E-state index in [9.17, 15) is 0 Å². The van der Waals surface area contributed by atoms with Gasteiger partial charge in [0, 0.05) is 6.20 Å². The molecule has 3 heteroatoms. The van der Waals surface area contributed by atoms with Crippen LogP contribution in [0.25, 0.3) is 0 Å². The fourth-order valence-electron chi connectivity index (χ4n) is 0.544. The van der Waals surface area contributed by atoms with Crippen LogP contribution in [-0.4, -0.2) is 4.98 Å². The van der Waals surface area contributed by atoms with Gasteiger partial charge in [-0.05, 0) is 41.1 Å². The van der Waals surface area contributed by atoms with E-state index in [1.807, 2.05) is 13.0 Å². The summed E-state index contributed by atoms with van der Waals surface area (Å²) in [4.78, 5) is 3.95. The summed E-state index contributed by atoms with van der Waals surface area (Å²) in [7, 11) is 0. The van der Waals surface area contributed by atoms with Gasteiger partial charge >= 0.3 is 0 Å². The average Bonchev–Trinajstić information content (AvgIpc) is 1.80. The molecule has 0 saturated heterocycles. The van der Waals surface area contributed by atoms with Gasteiger partial charge in [-0.2, -0.15) is 0 Å². The van der Waals surface area contributed by atoms with Crippen molar-refractivity contribution in [3.05, 3.63) is 21.4 Å². The molecule has 48 valence electrons. The van der Waals surface area contributed by atoms with Crippen molar-refractivity contribution in [2.24, 2.45) is 0 Å². The van der Waals surface area contributed by atoms with E-state index in [4.69, 9.17) is 5.73 Å². The molecule has 1 heterocycles. The normalized spacial score (nSPS) is 9.56. The van der Waals surface area contributed by atoms with E-state index in [1.165, 1.54) is 0 Å². The molecular weight excluding hydrogens is 227 g/mol. The van der Waals surface area contributed by atoms with Crippen molar-refractivity contribution < 1.29 is 0 Å². The first-order valence-corrected chi connectivity index (χ1v) is 3.65. The number of anilines is 1. The predicted molar refractivity (Wildman–Crippen MR) is 46.1 cm³/mol. The molecule has 0 radical (unpaired) electrons. The van der Waals surface area contributed by atoms with Crippen LogP contribution in [-0.2, 0) is 0 Å². The third kappa shape index (κ3) is 1.54. The molecule has 0 fully saturated rings. The molecule has 0 aromatic carbocycles. The average molecular weight is 234 g/mol. The second-order valence-corrected chi connectivity index (χ2v) is 3.04. The molecule has 0 amide bonds. The molecule has 0 saturated carbocycles. The van der Waals surface area contributed by atoms with Gasteiger partial charge in [0.15, 0.2) is 0 Å². The molecule has 2 nitrogen and oxygen atoms in total. The van der Waals surface area contributed by atoms with E-state index < -0.39 is 0 Å². The monoisotopic (exact) mass is 234 g/mol. The lowest BCUT2D eigenvalue weighted by molar-refractivity contribution is 1.26. The maximum atomic E-state index is 5.47. The van der Waals surface area contributed by atoms with Crippen molar-refractivity contribution >= 4 is 28.4 Å². The van der Waals surface area contributed by atoms with Crippen LogP contribution >= 0.6 is 22.6 Å². The third-order valence-corrected chi connectivity index (χ3v) is 1.87. The first-order valence-electron chi connectivity index (χ1n) is 2.58. The zero-order valence-corrected chi connectivity index (χ0v) is 7.21. The van der Waals surface area contributed by atoms with Crippen molar-refractivity contribution in [3.63, 3.8) is 0 Å². The molecule has 1 aromatic rings. The number of hydrogen-bond acceptors (Lipinski definition) is 2. The highest BCUT2D eigenvalue weighted by atomic mass is 127. The summed E-state index contributed by atoms with van der Waals surface area (Å²) in [5.74, 6) is 0.612. The van der Waals surface area contributed by atoms with E-state index in [2.05, 4.69) is 27.6 Å². The third-order valence-electron chi connectivity index (χ3n) is 1.01. The van der Waals surface area contributed by atoms with Crippen LogP contribution in [0.3, 0.4) is 0 Å². The van der Waals surface area contributed by atoms with Gasteiger partial charge in [-0.3, -0.25) is 0 Å². The lowest BCUT2D eigenvalue weighted by Gasteiger charge is -1.95. The van der Waals surface area contributed by atoms with Gasteiger partial charge in [-0.15, -0.1) is 0 Å². The highest BCUT2D eigenvalue weighted by Crippen LogP contribution is 2.11. The summed E-state index contributed by atoms with van der Waals surface area (Å²) in [5, 5.41) is 0. The minimum absolute atomic E-state index is 0.612. The van der Waals surface area contributed by atoms with E-state index in [1.54, 1.807) is 6.20 Å². The van der Waals surface area contributed by atoms with Crippen LogP contribution < -0.4 is 5.73 Å². The number of nitrogen functional groups attached to an aromatic ring is 1. The summed E-state index contributed by atoms with van der Waals surface area (Å²) in [6.07, 6.45) is 1.76. The Balaban J connectivity index is 3.17. The van der Waals surface area contributed by atoms with Gasteiger partial charge in [0.1, 0.15) is 5.82 Å². The molecule has 0 aliphatic carbocycles. The Morgan fingerprint density at radius 2 is 2.33 bits per heavy atom. The molecule has 0 spiro atoms. The first kappa shape index (κ1) is 6.80. The van der Waals surface area contributed by atoms with Gasteiger partial charge in [0.05, 0.1) is 3.57 Å². The lowest BCUT2D eigenvalue weighted by Crippen LogP contribution is -1.93. The quantitative estimate of drug-likeness (QED) is 0.692. The standard InChI is InChI=1S/C6H7IN2/c1-4-2-5(7)6(8)9-3-4/h2-3H,1H3,(H2,8,9). The molecule has 0 aliphatic heterocycles. The van der Waals surface area contributed by atoms with E-state index in [-0.39, 0.29) is 0 Å². The largest absolute Gasteiger partial charge is 0.383 e. The zero-order valence-electron chi connectivity index (χ0n) is 5.06. The Labute approximate surface area is 67.6 Å². The van der Waals surface area contributed by atoms with Crippen LogP contribution in [0.1, 0.15) is 5.56 Å². The van der Waals surface area contributed by atoms with E-state index in [0.29, 0.717) is 5.82 Å². The number of halogens is 1. The van der Waals surface area contributed by atoms with Crippen molar-refractivity contribution in [3.8, 4) is 0 Å². The summed E-state index contributed by atoms with van der Waals surface area (Å²) < 4.78 is 1.02. The smallest absolute Gasteiger partial charge is 0.136 e. The highest BCUT2D eigenvalue weighted by Gasteiger charge is 1.93. The van der Waals surface area contributed by atoms with E-state index in [0.717, 1.165) is 9.13 Å². The Hall–Kier alpha value is -0.320. The summed E-state index contributed by atoms with van der Waals surface area (Å²) in [6.45, 7) is 1.99. The summed E-state index contributed by atoms with van der Waals surface area (Å²) in [6, 6.07) is 2.00. The maximum Gasteiger partial charge on any atom is 0.136 e. The number of pyridine rings is 1. The van der Waals surface area contributed by atoms with Crippen molar-refractivity contribution in [2.45, 2.75) is 6.92 Å². The van der Waals surface area contributed by atoms with Crippen LogP contribution in [0.4, 0.5) is 5.82 Å². The Kier molecular flexibility index (Phi) is 1.90. The summed E-state index contributed by atoms with van der Waals surface area (Å²) >= 11 is 2.16. The molecule has 9 heavy (non-hydrogen) atoms. The molecule has 1 aromatic heterocycles. The predicted octanol–water partition coefficient (Wildman–Crippen LogP) is 1.58. The molecule has 0 aliphatic rings.